The normalized spacial score (nSPS) is 28.9. The Morgan fingerprint density at radius 1 is 0.929 bits per heavy atom. The molecule has 2 N–H and O–H groups in total. The third-order valence-electron chi connectivity index (χ3n) is 13.4. The number of alkyl halides is 3. The van der Waals surface area contributed by atoms with Crippen LogP contribution < -0.4 is 15.0 Å². The molecule has 0 atom stereocenters. The second-order valence-electron chi connectivity index (χ2n) is 16.6. The predicted octanol–water partition coefficient (Wildman–Crippen LogP) is 7.82. The summed E-state index contributed by atoms with van der Waals surface area (Å²) in [4.78, 5) is 41.8. The highest BCUT2D eigenvalue weighted by Crippen LogP contribution is 2.58. The quantitative estimate of drug-likeness (QED) is 0.183. The van der Waals surface area contributed by atoms with Gasteiger partial charge in [-0.15, -0.1) is 0 Å². The minimum atomic E-state index is -4.99. The van der Waals surface area contributed by atoms with Crippen LogP contribution in [0, 0.1) is 40.9 Å². The SMILES string of the molecule is N#C[C@H]1CC[C@@H](n2cc(-c3ccc(C(=O)NC4(C(=O)O)C5CC6CC(C5)CC4C6)c(C(F)(F)F)n3)c3ccc(OC4CCN(c5ncccn5)CC4)cc32)CC1. The minimum Gasteiger partial charge on any atom is -0.490 e. The van der Waals surface area contributed by atoms with Gasteiger partial charge < -0.3 is 24.6 Å². The van der Waals surface area contributed by atoms with Gasteiger partial charge in [0.2, 0.25) is 5.95 Å². The number of nitrogens with one attached hydrogen (secondary N) is 1. The summed E-state index contributed by atoms with van der Waals surface area (Å²) in [6, 6.07) is 12.4. The second-order valence-corrected chi connectivity index (χ2v) is 16.6. The number of halogens is 3. The molecule has 14 heteroatoms. The van der Waals surface area contributed by atoms with E-state index in [-0.39, 0.29) is 35.6 Å². The number of nitrogens with zero attached hydrogens (tertiary/aromatic N) is 6. The number of aromatic nitrogens is 4. The van der Waals surface area contributed by atoms with Crippen LogP contribution in [0.3, 0.4) is 0 Å². The highest BCUT2D eigenvalue weighted by Gasteiger charge is 2.62. The number of benzene rings is 1. The Kier molecular flexibility index (Phi) is 9.16. The maximum atomic E-state index is 14.9. The highest BCUT2D eigenvalue weighted by molar-refractivity contribution is 6.00. The number of carbonyl (C=O) groups is 2. The number of piperidine rings is 1. The molecule has 3 aromatic heterocycles. The molecule has 4 aromatic rings. The third-order valence-corrected chi connectivity index (χ3v) is 13.4. The summed E-state index contributed by atoms with van der Waals surface area (Å²) in [5.74, 6) is -0.780. The van der Waals surface area contributed by atoms with Gasteiger partial charge >= 0.3 is 12.1 Å². The lowest BCUT2D eigenvalue weighted by atomic mass is 9.48. The van der Waals surface area contributed by atoms with E-state index in [1.54, 1.807) is 18.5 Å². The molecule has 0 unspecified atom stereocenters. The number of nitriles is 1. The Hall–Kier alpha value is -5.19. The lowest BCUT2D eigenvalue weighted by molar-refractivity contribution is -0.163. The van der Waals surface area contributed by atoms with Crippen molar-refractivity contribution in [2.24, 2.45) is 29.6 Å². The zero-order valence-electron chi connectivity index (χ0n) is 30.9. The van der Waals surface area contributed by atoms with Crippen LogP contribution >= 0.6 is 0 Å². The first kappa shape index (κ1) is 36.4. The molecule has 0 spiro atoms. The number of fused-ring (bicyclic) bond motifs is 1. The number of ether oxygens (including phenoxy) is 1. The monoisotopic (exact) mass is 767 g/mol. The third kappa shape index (κ3) is 6.42. The Balaban J connectivity index is 1.03. The number of carboxylic acids is 1. The van der Waals surface area contributed by atoms with Crippen molar-refractivity contribution < 1.29 is 32.6 Å². The highest BCUT2D eigenvalue weighted by atomic mass is 19.4. The molecular formula is C42H44F3N7O4. The van der Waals surface area contributed by atoms with Gasteiger partial charge in [0.25, 0.3) is 5.91 Å². The maximum absolute atomic E-state index is 14.9. The Labute approximate surface area is 322 Å². The number of anilines is 1. The lowest BCUT2D eigenvalue weighted by Gasteiger charge is -2.59. The molecule has 56 heavy (non-hydrogen) atoms. The molecule has 4 bridgehead atoms. The first-order valence-electron chi connectivity index (χ1n) is 19.9. The van der Waals surface area contributed by atoms with Gasteiger partial charge in [0.05, 0.1) is 22.8 Å². The van der Waals surface area contributed by atoms with E-state index in [1.165, 1.54) is 6.07 Å². The maximum Gasteiger partial charge on any atom is 0.434 e. The van der Waals surface area contributed by atoms with Crippen LogP contribution in [0.5, 0.6) is 5.75 Å². The molecule has 0 radical (unpaired) electrons. The van der Waals surface area contributed by atoms with E-state index in [2.05, 4.69) is 35.8 Å². The van der Waals surface area contributed by atoms with Gasteiger partial charge in [0.1, 0.15) is 17.4 Å². The van der Waals surface area contributed by atoms with E-state index >= 15 is 0 Å². The van der Waals surface area contributed by atoms with E-state index in [9.17, 15) is 33.1 Å². The topological polar surface area (TPSA) is 146 Å². The van der Waals surface area contributed by atoms with Gasteiger partial charge in [-0.25, -0.2) is 19.7 Å². The van der Waals surface area contributed by atoms with Gasteiger partial charge in [-0.2, -0.15) is 18.4 Å². The summed E-state index contributed by atoms with van der Waals surface area (Å²) < 4.78 is 53.2. The molecule has 292 valence electrons. The largest absolute Gasteiger partial charge is 0.490 e. The first-order chi connectivity index (χ1) is 27.0. The summed E-state index contributed by atoms with van der Waals surface area (Å²) in [7, 11) is 0. The average molecular weight is 768 g/mol. The fraction of sp³-hybridized carbons (Fsp3) is 0.524. The predicted molar refractivity (Wildman–Crippen MR) is 200 cm³/mol. The van der Waals surface area contributed by atoms with Crippen molar-refractivity contribution in [2.45, 2.75) is 94.5 Å². The number of amides is 1. The van der Waals surface area contributed by atoms with Crippen molar-refractivity contribution in [3.8, 4) is 23.1 Å². The van der Waals surface area contributed by atoms with E-state index in [0.717, 1.165) is 69.6 Å². The van der Waals surface area contributed by atoms with Crippen molar-refractivity contribution in [3.05, 3.63) is 66.2 Å². The van der Waals surface area contributed by atoms with Crippen LogP contribution in [0.2, 0.25) is 0 Å². The van der Waals surface area contributed by atoms with Crippen molar-refractivity contribution in [2.75, 3.05) is 18.0 Å². The van der Waals surface area contributed by atoms with E-state index in [4.69, 9.17) is 4.74 Å². The smallest absolute Gasteiger partial charge is 0.434 e. The zero-order chi connectivity index (χ0) is 38.8. The number of aliphatic carboxylic acids is 1. The summed E-state index contributed by atoms with van der Waals surface area (Å²) in [6.45, 7) is 1.47. The first-order valence-corrected chi connectivity index (χ1v) is 19.9. The van der Waals surface area contributed by atoms with E-state index < -0.39 is 34.8 Å². The van der Waals surface area contributed by atoms with Crippen molar-refractivity contribution >= 4 is 28.7 Å². The summed E-state index contributed by atoms with van der Waals surface area (Å²) in [6.07, 6.45) is 8.36. The second kappa shape index (κ2) is 14.1. The number of pyridine rings is 1. The van der Waals surface area contributed by atoms with Crippen molar-refractivity contribution in [3.63, 3.8) is 0 Å². The van der Waals surface area contributed by atoms with Gasteiger partial charge in [0.15, 0.2) is 5.69 Å². The van der Waals surface area contributed by atoms with Gasteiger partial charge in [-0.05, 0) is 112 Å². The van der Waals surface area contributed by atoms with Gasteiger partial charge in [-0.3, -0.25) is 4.79 Å². The average Bonchev–Trinajstić information content (AvgIpc) is 3.58. The summed E-state index contributed by atoms with van der Waals surface area (Å²) >= 11 is 0. The summed E-state index contributed by atoms with van der Waals surface area (Å²) in [5.41, 5.74) is -2.32. The van der Waals surface area contributed by atoms with E-state index in [1.807, 2.05) is 24.4 Å². The number of carbonyl (C=O) groups excluding carboxylic acids is 1. The number of rotatable bonds is 8. The van der Waals surface area contributed by atoms with Gasteiger partial charge in [0, 0.05) is 73.5 Å². The summed E-state index contributed by atoms with van der Waals surface area (Å²) in [5, 5.41) is 23.4. The molecule has 1 aliphatic heterocycles. The number of carboxylic acid groups (broad SMARTS) is 1. The van der Waals surface area contributed by atoms with Gasteiger partial charge in [-0.1, -0.05) is 0 Å². The van der Waals surface area contributed by atoms with Crippen LogP contribution in [-0.2, 0) is 11.0 Å². The molecular weight excluding hydrogens is 724 g/mol. The molecule has 1 amide bonds. The molecule has 1 saturated heterocycles. The standard InChI is InChI=1S/C42H44F3N7O4/c43-42(44,45)37-33(38(53)50-41(39(54)55)27-17-25-16-26(19-27)20-28(41)18-25)8-9-35(49-37)34-23-52(29-4-2-24(22-46)3-5-29)36-21-31(6-7-32(34)36)56-30-10-14-51(15-11-30)40-47-12-1-13-48-40/h1,6-9,12-13,21,23-30H,2-5,10-11,14-20H2,(H,50,53)(H,54,55)/t24-,25?,26?,27?,28?,29+,41?. The van der Waals surface area contributed by atoms with Crippen LogP contribution in [0.1, 0.15) is 92.7 Å². The molecule has 6 aliphatic rings. The molecule has 10 rings (SSSR count). The van der Waals surface area contributed by atoms with Crippen LogP contribution in [0.25, 0.3) is 22.2 Å². The van der Waals surface area contributed by atoms with Crippen LogP contribution in [0.15, 0.2) is 55.0 Å². The Bertz CT molecular complexity index is 2160. The molecule has 4 heterocycles. The fourth-order valence-electron chi connectivity index (χ4n) is 10.9. The minimum absolute atomic E-state index is 0.0144. The molecule has 11 nitrogen and oxygen atoms in total. The van der Waals surface area contributed by atoms with E-state index in [0.29, 0.717) is 60.2 Å². The molecule has 1 aromatic carbocycles. The number of hydrogen-bond donors (Lipinski definition) is 2. The Morgan fingerprint density at radius 3 is 2.23 bits per heavy atom. The zero-order valence-corrected chi connectivity index (χ0v) is 30.9. The lowest BCUT2D eigenvalue weighted by Crippen LogP contribution is -2.70. The molecule has 6 fully saturated rings. The Morgan fingerprint density at radius 2 is 1.61 bits per heavy atom. The number of hydrogen-bond acceptors (Lipinski definition) is 8. The van der Waals surface area contributed by atoms with Crippen LogP contribution in [-0.4, -0.2) is 61.2 Å². The molecule has 5 saturated carbocycles. The van der Waals surface area contributed by atoms with Crippen molar-refractivity contribution in [1.29, 1.82) is 5.26 Å². The fourth-order valence-corrected chi connectivity index (χ4v) is 10.9. The molecule has 5 aliphatic carbocycles. The van der Waals surface area contributed by atoms with Crippen LogP contribution in [0.4, 0.5) is 19.1 Å². The van der Waals surface area contributed by atoms with Crippen molar-refractivity contribution in [1.82, 2.24) is 24.8 Å².